The molecule has 0 saturated heterocycles. The maximum atomic E-state index is 10.9. The number of ether oxygens (including phenoxy) is 1. The first-order valence-corrected chi connectivity index (χ1v) is 5.35. The van der Waals surface area contributed by atoms with Crippen molar-refractivity contribution in [1.29, 1.82) is 0 Å². The standard InChI is InChI=1S/C9H14N2O2S/c1-3-10-5-8-11-7(6-14-8)4-9(12)13-2/h6,10H,3-5H2,1-2H3. The van der Waals surface area contributed by atoms with E-state index in [2.05, 4.69) is 15.0 Å². The minimum Gasteiger partial charge on any atom is -0.469 e. The molecule has 1 aromatic heterocycles. The van der Waals surface area contributed by atoms with Crippen LogP contribution in [0.2, 0.25) is 0 Å². The van der Waals surface area contributed by atoms with Gasteiger partial charge >= 0.3 is 5.97 Å². The molecule has 1 heterocycles. The monoisotopic (exact) mass is 214 g/mol. The number of nitrogens with zero attached hydrogens (tertiary/aromatic N) is 1. The van der Waals surface area contributed by atoms with Crippen LogP contribution >= 0.6 is 11.3 Å². The summed E-state index contributed by atoms with van der Waals surface area (Å²) in [7, 11) is 1.38. The molecule has 5 heteroatoms. The van der Waals surface area contributed by atoms with Crippen molar-refractivity contribution in [3.63, 3.8) is 0 Å². The van der Waals surface area contributed by atoms with Crippen LogP contribution in [0.3, 0.4) is 0 Å². The summed E-state index contributed by atoms with van der Waals surface area (Å²) in [6.45, 7) is 3.73. The van der Waals surface area contributed by atoms with Crippen molar-refractivity contribution in [2.45, 2.75) is 19.9 Å². The summed E-state index contributed by atoms with van der Waals surface area (Å²) in [5.74, 6) is -0.245. The van der Waals surface area contributed by atoms with Crippen LogP contribution in [-0.4, -0.2) is 24.6 Å². The van der Waals surface area contributed by atoms with Gasteiger partial charge in [0.2, 0.25) is 0 Å². The smallest absolute Gasteiger partial charge is 0.311 e. The summed E-state index contributed by atoms with van der Waals surface area (Å²) < 4.78 is 4.55. The van der Waals surface area contributed by atoms with E-state index >= 15 is 0 Å². The highest BCUT2D eigenvalue weighted by Crippen LogP contribution is 2.10. The van der Waals surface area contributed by atoms with E-state index in [-0.39, 0.29) is 12.4 Å². The third-order valence-electron chi connectivity index (χ3n) is 1.68. The fourth-order valence-electron chi connectivity index (χ4n) is 0.963. The lowest BCUT2D eigenvalue weighted by Crippen LogP contribution is -2.11. The van der Waals surface area contributed by atoms with Crippen molar-refractivity contribution in [2.24, 2.45) is 0 Å². The van der Waals surface area contributed by atoms with E-state index in [1.165, 1.54) is 7.11 Å². The number of esters is 1. The van der Waals surface area contributed by atoms with Crippen LogP contribution in [0.5, 0.6) is 0 Å². The minimum absolute atomic E-state index is 0.245. The van der Waals surface area contributed by atoms with Crippen molar-refractivity contribution < 1.29 is 9.53 Å². The highest BCUT2D eigenvalue weighted by atomic mass is 32.1. The molecule has 0 aliphatic heterocycles. The van der Waals surface area contributed by atoms with Crippen LogP contribution in [0.1, 0.15) is 17.6 Å². The number of aromatic nitrogens is 1. The van der Waals surface area contributed by atoms with Crippen LogP contribution in [-0.2, 0) is 22.5 Å². The van der Waals surface area contributed by atoms with E-state index in [0.29, 0.717) is 0 Å². The Bertz CT molecular complexity index is 299. The van der Waals surface area contributed by atoms with Gasteiger partial charge in [-0.2, -0.15) is 0 Å². The fourth-order valence-corrected chi connectivity index (χ4v) is 1.73. The SMILES string of the molecule is CCNCc1nc(CC(=O)OC)cs1. The Balaban J connectivity index is 2.46. The third-order valence-corrected chi connectivity index (χ3v) is 2.58. The lowest BCUT2D eigenvalue weighted by atomic mass is 10.3. The average molecular weight is 214 g/mol. The van der Waals surface area contributed by atoms with E-state index in [1.807, 2.05) is 12.3 Å². The first-order valence-electron chi connectivity index (χ1n) is 4.47. The molecule has 0 aromatic carbocycles. The van der Waals surface area contributed by atoms with Gasteiger partial charge in [-0.25, -0.2) is 4.98 Å². The predicted molar refractivity (Wildman–Crippen MR) is 55.2 cm³/mol. The maximum absolute atomic E-state index is 10.9. The molecule has 0 aliphatic rings. The largest absolute Gasteiger partial charge is 0.469 e. The maximum Gasteiger partial charge on any atom is 0.311 e. The molecule has 14 heavy (non-hydrogen) atoms. The summed E-state index contributed by atoms with van der Waals surface area (Å²) >= 11 is 1.56. The predicted octanol–water partition coefficient (Wildman–Crippen LogP) is 0.968. The van der Waals surface area contributed by atoms with Crippen molar-refractivity contribution >= 4 is 17.3 Å². The highest BCUT2D eigenvalue weighted by Gasteiger charge is 2.06. The summed E-state index contributed by atoms with van der Waals surface area (Å²) in [5.41, 5.74) is 0.787. The Labute approximate surface area is 87.3 Å². The van der Waals surface area contributed by atoms with Crippen molar-refractivity contribution in [3.8, 4) is 0 Å². The Morgan fingerprint density at radius 2 is 2.50 bits per heavy atom. The second kappa shape index (κ2) is 5.72. The van der Waals surface area contributed by atoms with Crippen molar-refractivity contribution in [3.05, 3.63) is 16.1 Å². The number of thiazole rings is 1. The van der Waals surface area contributed by atoms with Crippen LogP contribution in [0.15, 0.2) is 5.38 Å². The van der Waals surface area contributed by atoms with E-state index in [1.54, 1.807) is 11.3 Å². The summed E-state index contributed by atoms with van der Waals surface area (Å²) in [5, 5.41) is 6.07. The zero-order valence-corrected chi connectivity index (χ0v) is 9.19. The van der Waals surface area contributed by atoms with Gasteiger partial charge in [0.1, 0.15) is 5.01 Å². The van der Waals surface area contributed by atoms with Gasteiger partial charge < -0.3 is 10.1 Å². The van der Waals surface area contributed by atoms with Gasteiger partial charge in [0, 0.05) is 11.9 Å². The molecule has 4 nitrogen and oxygen atoms in total. The summed E-state index contributed by atoms with van der Waals surface area (Å²) in [4.78, 5) is 15.2. The molecule has 0 fully saturated rings. The Morgan fingerprint density at radius 1 is 1.71 bits per heavy atom. The minimum atomic E-state index is -0.245. The molecule has 0 amide bonds. The van der Waals surface area contributed by atoms with E-state index in [4.69, 9.17) is 0 Å². The molecule has 0 radical (unpaired) electrons. The lowest BCUT2D eigenvalue weighted by molar-refractivity contribution is -0.139. The van der Waals surface area contributed by atoms with Crippen LogP contribution < -0.4 is 5.32 Å². The van der Waals surface area contributed by atoms with E-state index in [9.17, 15) is 4.79 Å². The molecular formula is C9H14N2O2S. The molecule has 0 aliphatic carbocycles. The second-order valence-corrected chi connectivity index (χ2v) is 3.71. The van der Waals surface area contributed by atoms with Gasteiger partial charge in [-0.15, -0.1) is 11.3 Å². The molecule has 0 spiro atoms. The molecule has 1 rings (SSSR count). The van der Waals surface area contributed by atoms with Crippen LogP contribution in [0.4, 0.5) is 0 Å². The summed E-state index contributed by atoms with van der Waals surface area (Å²) in [6.07, 6.45) is 0.263. The Hall–Kier alpha value is -0.940. The van der Waals surface area contributed by atoms with Gasteiger partial charge in [0.05, 0.1) is 19.2 Å². The van der Waals surface area contributed by atoms with Gasteiger partial charge in [0.25, 0.3) is 0 Å². The lowest BCUT2D eigenvalue weighted by Gasteiger charge is -1.96. The molecule has 0 atom stereocenters. The first kappa shape index (κ1) is 11.1. The van der Waals surface area contributed by atoms with E-state index in [0.717, 1.165) is 23.8 Å². The fraction of sp³-hybridized carbons (Fsp3) is 0.556. The molecule has 0 saturated carbocycles. The molecule has 0 bridgehead atoms. The molecule has 1 N–H and O–H groups in total. The van der Waals surface area contributed by atoms with Crippen molar-refractivity contribution in [2.75, 3.05) is 13.7 Å². The van der Waals surface area contributed by atoms with Gasteiger partial charge in [0.15, 0.2) is 0 Å². The second-order valence-electron chi connectivity index (χ2n) is 2.77. The van der Waals surface area contributed by atoms with Gasteiger partial charge in [-0.1, -0.05) is 6.92 Å². The number of methoxy groups -OCH3 is 1. The number of hydrogen-bond donors (Lipinski definition) is 1. The Kier molecular flexibility index (Phi) is 4.55. The van der Waals surface area contributed by atoms with Crippen molar-refractivity contribution in [1.82, 2.24) is 10.3 Å². The normalized spacial score (nSPS) is 10.1. The number of carbonyl (C=O) groups is 1. The van der Waals surface area contributed by atoms with Crippen LogP contribution in [0, 0.1) is 0 Å². The zero-order chi connectivity index (χ0) is 10.4. The van der Waals surface area contributed by atoms with Gasteiger partial charge in [-0.3, -0.25) is 4.79 Å². The van der Waals surface area contributed by atoms with Crippen LogP contribution in [0.25, 0.3) is 0 Å². The molecule has 1 aromatic rings. The first-order chi connectivity index (χ1) is 6.76. The number of carbonyl (C=O) groups excluding carboxylic acids is 1. The van der Waals surface area contributed by atoms with E-state index < -0.39 is 0 Å². The number of hydrogen-bond acceptors (Lipinski definition) is 5. The number of rotatable bonds is 5. The number of nitrogens with one attached hydrogen (secondary N) is 1. The average Bonchev–Trinajstić information content (AvgIpc) is 2.62. The molecular weight excluding hydrogens is 200 g/mol. The topological polar surface area (TPSA) is 51.2 Å². The highest BCUT2D eigenvalue weighted by molar-refractivity contribution is 7.09. The molecule has 78 valence electrons. The molecule has 0 unspecified atom stereocenters. The third kappa shape index (κ3) is 3.43. The Morgan fingerprint density at radius 3 is 3.14 bits per heavy atom. The zero-order valence-electron chi connectivity index (χ0n) is 8.37. The van der Waals surface area contributed by atoms with Gasteiger partial charge in [-0.05, 0) is 6.54 Å². The summed E-state index contributed by atoms with van der Waals surface area (Å²) in [6, 6.07) is 0. The quantitative estimate of drug-likeness (QED) is 0.742.